The first kappa shape index (κ1) is 14.5. The van der Waals surface area contributed by atoms with E-state index >= 15 is 0 Å². The Kier molecular flexibility index (Phi) is 4.40. The van der Waals surface area contributed by atoms with Gasteiger partial charge in [0, 0.05) is 6.04 Å². The van der Waals surface area contributed by atoms with Gasteiger partial charge in [0.25, 0.3) is 0 Å². The van der Waals surface area contributed by atoms with E-state index in [2.05, 4.69) is 19.9 Å². The first-order valence-electron chi connectivity index (χ1n) is 6.67. The number of hydrogen-bond donors (Lipinski definition) is 1. The van der Waals surface area contributed by atoms with Crippen molar-refractivity contribution < 1.29 is 9.13 Å². The maximum absolute atomic E-state index is 14.1. The third-order valence-electron chi connectivity index (χ3n) is 3.66. The molecule has 1 unspecified atom stereocenters. The minimum atomic E-state index is -0.325. The fraction of sp³-hybridized carbons (Fsp3) is 0.294. The molecule has 20 heavy (non-hydrogen) atoms. The molecule has 0 aliphatic rings. The Hall–Kier alpha value is -1.87. The Bertz CT molecular complexity index is 610. The highest BCUT2D eigenvalue weighted by atomic mass is 19.1. The van der Waals surface area contributed by atoms with E-state index in [0.29, 0.717) is 12.0 Å². The van der Waals surface area contributed by atoms with Gasteiger partial charge in [-0.3, -0.25) is 0 Å². The summed E-state index contributed by atoms with van der Waals surface area (Å²) < 4.78 is 19.1. The molecule has 106 valence electrons. The standard InChI is InChI=1S/C17H20FNO/c1-11-7-8-13(9-12(11)2)15(19)10-14-5-4-6-16(20-3)17(14)18/h4-9,15H,10,19H2,1-3H3. The van der Waals surface area contributed by atoms with Gasteiger partial charge >= 0.3 is 0 Å². The number of nitrogens with two attached hydrogens (primary N) is 1. The zero-order chi connectivity index (χ0) is 14.7. The van der Waals surface area contributed by atoms with E-state index in [-0.39, 0.29) is 17.6 Å². The maximum Gasteiger partial charge on any atom is 0.168 e. The third kappa shape index (κ3) is 2.99. The largest absolute Gasteiger partial charge is 0.494 e. The Labute approximate surface area is 119 Å². The van der Waals surface area contributed by atoms with Crippen molar-refractivity contribution in [3.05, 3.63) is 64.5 Å². The molecule has 2 N–H and O–H groups in total. The van der Waals surface area contributed by atoms with Gasteiger partial charge in [-0.2, -0.15) is 0 Å². The number of rotatable bonds is 4. The van der Waals surface area contributed by atoms with Crippen molar-refractivity contribution >= 4 is 0 Å². The van der Waals surface area contributed by atoms with Crippen LogP contribution in [0.3, 0.4) is 0 Å². The molecule has 0 aliphatic carbocycles. The molecule has 3 heteroatoms. The molecule has 0 bridgehead atoms. The van der Waals surface area contributed by atoms with E-state index in [0.717, 1.165) is 5.56 Å². The van der Waals surface area contributed by atoms with Crippen LogP contribution in [0.5, 0.6) is 5.75 Å². The molecule has 1 atom stereocenters. The van der Waals surface area contributed by atoms with Crippen LogP contribution in [0.25, 0.3) is 0 Å². The third-order valence-corrected chi connectivity index (χ3v) is 3.66. The smallest absolute Gasteiger partial charge is 0.168 e. The monoisotopic (exact) mass is 273 g/mol. The lowest BCUT2D eigenvalue weighted by Gasteiger charge is -2.15. The van der Waals surface area contributed by atoms with Crippen LogP contribution >= 0.6 is 0 Å². The Morgan fingerprint density at radius 3 is 2.55 bits per heavy atom. The predicted octanol–water partition coefficient (Wildman–Crippen LogP) is 3.69. The highest BCUT2D eigenvalue weighted by Crippen LogP contribution is 2.25. The molecule has 0 radical (unpaired) electrons. The fourth-order valence-corrected chi connectivity index (χ4v) is 2.22. The highest BCUT2D eigenvalue weighted by Gasteiger charge is 2.13. The quantitative estimate of drug-likeness (QED) is 0.922. The SMILES string of the molecule is COc1cccc(CC(N)c2ccc(C)c(C)c2)c1F. The van der Waals surface area contributed by atoms with E-state index in [9.17, 15) is 4.39 Å². The van der Waals surface area contributed by atoms with E-state index < -0.39 is 0 Å². The zero-order valence-corrected chi connectivity index (χ0v) is 12.1. The molecule has 2 aromatic rings. The second-order valence-corrected chi connectivity index (χ2v) is 5.09. The summed E-state index contributed by atoms with van der Waals surface area (Å²) in [5.74, 6) is -0.0657. The Morgan fingerprint density at radius 2 is 1.90 bits per heavy atom. The number of aryl methyl sites for hydroxylation is 2. The second-order valence-electron chi connectivity index (χ2n) is 5.09. The van der Waals surface area contributed by atoms with Gasteiger partial charge < -0.3 is 10.5 Å². The Morgan fingerprint density at radius 1 is 1.15 bits per heavy atom. The summed E-state index contributed by atoms with van der Waals surface area (Å²) in [5, 5.41) is 0. The van der Waals surface area contributed by atoms with Crippen molar-refractivity contribution in [1.29, 1.82) is 0 Å². The molecule has 0 heterocycles. The number of ether oxygens (including phenoxy) is 1. The van der Waals surface area contributed by atoms with Crippen LogP contribution in [0.1, 0.15) is 28.3 Å². The summed E-state index contributed by atoms with van der Waals surface area (Å²) >= 11 is 0. The van der Waals surface area contributed by atoms with E-state index in [1.165, 1.54) is 18.2 Å². The molecular formula is C17H20FNO. The van der Waals surface area contributed by atoms with Crippen LogP contribution in [0.15, 0.2) is 36.4 Å². The van der Waals surface area contributed by atoms with E-state index in [1.807, 2.05) is 12.1 Å². The van der Waals surface area contributed by atoms with Crippen molar-refractivity contribution in [3.8, 4) is 5.75 Å². The molecule has 0 fully saturated rings. The van der Waals surface area contributed by atoms with Gasteiger partial charge in [-0.25, -0.2) is 4.39 Å². The Balaban J connectivity index is 2.23. The van der Waals surface area contributed by atoms with Gasteiger partial charge in [0.2, 0.25) is 0 Å². The van der Waals surface area contributed by atoms with Crippen molar-refractivity contribution in [3.63, 3.8) is 0 Å². The maximum atomic E-state index is 14.1. The van der Waals surface area contributed by atoms with Crippen LogP contribution in [-0.2, 0) is 6.42 Å². The summed E-state index contributed by atoms with van der Waals surface area (Å²) in [5.41, 5.74) is 10.2. The molecule has 2 rings (SSSR count). The summed E-state index contributed by atoms with van der Waals surface area (Å²) in [6, 6.07) is 11.0. The first-order valence-corrected chi connectivity index (χ1v) is 6.67. The number of halogens is 1. The molecular weight excluding hydrogens is 253 g/mol. The van der Waals surface area contributed by atoms with Crippen LogP contribution in [0.2, 0.25) is 0 Å². The number of hydrogen-bond acceptors (Lipinski definition) is 2. The van der Waals surface area contributed by atoms with Crippen molar-refractivity contribution in [1.82, 2.24) is 0 Å². The molecule has 0 spiro atoms. The molecule has 0 saturated carbocycles. The van der Waals surface area contributed by atoms with Crippen LogP contribution < -0.4 is 10.5 Å². The molecule has 2 aromatic carbocycles. The van der Waals surface area contributed by atoms with Crippen LogP contribution in [0, 0.1) is 19.7 Å². The topological polar surface area (TPSA) is 35.2 Å². The van der Waals surface area contributed by atoms with Gasteiger partial charge in [0.1, 0.15) is 0 Å². The average molecular weight is 273 g/mol. The first-order chi connectivity index (χ1) is 9.52. The van der Waals surface area contributed by atoms with Crippen molar-refractivity contribution in [2.75, 3.05) is 7.11 Å². The number of benzene rings is 2. The molecule has 2 nitrogen and oxygen atoms in total. The molecule has 0 amide bonds. The molecule has 0 aliphatic heterocycles. The van der Waals surface area contributed by atoms with Gasteiger partial charge in [-0.15, -0.1) is 0 Å². The fourth-order valence-electron chi connectivity index (χ4n) is 2.22. The van der Waals surface area contributed by atoms with Gasteiger partial charge in [0.15, 0.2) is 11.6 Å². The van der Waals surface area contributed by atoms with E-state index in [4.69, 9.17) is 10.5 Å². The van der Waals surface area contributed by atoms with Gasteiger partial charge in [-0.1, -0.05) is 30.3 Å². The lowest BCUT2D eigenvalue weighted by Crippen LogP contribution is -2.14. The normalized spacial score (nSPS) is 12.2. The predicted molar refractivity (Wildman–Crippen MR) is 79.5 cm³/mol. The minimum absolute atomic E-state index is 0.226. The summed E-state index contributed by atoms with van der Waals surface area (Å²) in [6.07, 6.45) is 0.450. The van der Waals surface area contributed by atoms with Crippen LogP contribution in [0.4, 0.5) is 4.39 Å². The van der Waals surface area contributed by atoms with Crippen LogP contribution in [-0.4, -0.2) is 7.11 Å². The zero-order valence-electron chi connectivity index (χ0n) is 12.1. The summed E-state index contributed by atoms with van der Waals surface area (Å²) in [4.78, 5) is 0. The number of methoxy groups -OCH3 is 1. The highest BCUT2D eigenvalue weighted by molar-refractivity contribution is 5.35. The summed E-state index contributed by atoms with van der Waals surface area (Å²) in [7, 11) is 1.46. The lowest BCUT2D eigenvalue weighted by atomic mass is 9.96. The van der Waals surface area contributed by atoms with Crippen molar-refractivity contribution in [2.24, 2.45) is 5.73 Å². The average Bonchev–Trinajstić information content (AvgIpc) is 2.44. The van der Waals surface area contributed by atoms with Crippen molar-refractivity contribution in [2.45, 2.75) is 26.3 Å². The molecule has 0 aromatic heterocycles. The second kappa shape index (κ2) is 6.06. The lowest BCUT2D eigenvalue weighted by molar-refractivity contribution is 0.383. The van der Waals surface area contributed by atoms with E-state index in [1.54, 1.807) is 18.2 Å². The summed E-state index contributed by atoms with van der Waals surface area (Å²) in [6.45, 7) is 4.12. The molecule has 0 saturated heterocycles. The van der Waals surface area contributed by atoms with Gasteiger partial charge in [-0.05, 0) is 48.6 Å². The minimum Gasteiger partial charge on any atom is -0.494 e. The van der Waals surface area contributed by atoms with Gasteiger partial charge in [0.05, 0.1) is 7.11 Å².